The number of aromatic nitrogens is 2. The molecule has 0 saturated carbocycles. The highest BCUT2D eigenvalue weighted by atomic mass is 15.3. The van der Waals surface area contributed by atoms with Crippen molar-refractivity contribution in [3.8, 4) is 11.8 Å². The van der Waals surface area contributed by atoms with Gasteiger partial charge in [0, 0.05) is 19.7 Å². The van der Waals surface area contributed by atoms with Gasteiger partial charge < -0.3 is 0 Å². The fourth-order valence-electron chi connectivity index (χ4n) is 1.38. The van der Waals surface area contributed by atoms with Crippen LogP contribution in [0.2, 0.25) is 0 Å². The van der Waals surface area contributed by atoms with E-state index in [1.807, 2.05) is 24.7 Å². The van der Waals surface area contributed by atoms with E-state index in [1.54, 1.807) is 6.20 Å². The molecule has 4 heteroatoms. The average molecular weight is 192 g/mol. The molecule has 0 saturated heterocycles. The Bertz CT molecular complexity index is 331. The van der Waals surface area contributed by atoms with Crippen LogP contribution in [-0.2, 0) is 7.05 Å². The van der Waals surface area contributed by atoms with E-state index in [4.69, 9.17) is 5.84 Å². The van der Waals surface area contributed by atoms with Crippen LogP contribution in [0.15, 0.2) is 12.3 Å². The van der Waals surface area contributed by atoms with Gasteiger partial charge >= 0.3 is 0 Å². The molecular formula is C10H16N4. The fourth-order valence-corrected chi connectivity index (χ4v) is 1.38. The Morgan fingerprint density at radius 2 is 2.50 bits per heavy atom. The van der Waals surface area contributed by atoms with E-state index in [-0.39, 0.29) is 6.04 Å². The SMILES string of the molecule is CC#CCCC(NN)c1ccnn1C. The van der Waals surface area contributed by atoms with Gasteiger partial charge in [-0.3, -0.25) is 16.0 Å². The Labute approximate surface area is 84.5 Å². The first kappa shape index (κ1) is 10.8. The topological polar surface area (TPSA) is 55.9 Å². The highest BCUT2D eigenvalue weighted by molar-refractivity contribution is 5.07. The Hall–Kier alpha value is -1.31. The minimum absolute atomic E-state index is 0.128. The van der Waals surface area contributed by atoms with Crippen LogP contribution >= 0.6 is 0 Å². The van der Waals surface area contributed by atoms with E-state index in [0.717, 1.165) is 18.5 Å². The molecule has 1 heterocycles. The number of nitrogens with one attached hydrogen (secondary N) is 1. The highest BCUT2D eigenvalue weighted by Gasteiger charge is 2.11. The number of nitrogens with two attached hydrogens (primary N) is 1. The molecule has 0 bridgehead atoms. The van der Waals surface area contributed by atoms with Crippen molar-refractivity contribution in [2.24, 2.45) is 12.9 Å². The van der Waals surface area contributed by atoms with Gasteiger partial charge in [0.1, 0.15) is 0 Å². The Kier molecular flexibility index (Phi) is 4.17. The molecule has 0 amide bonds. The summed E-state index contributed by atoms with van der Waals surface area (Å²) in [5.74, 6) is 11.4. The largest absolute Gasteiger partial charge is 0.271 e. The second-order valence-electron chi connectivity index (χ2n) is 3.06. The molecule has 1 rings (SSSR count). The zero-order chi connectivity index (χ0) is 10.4. The minimum Gasteiger partial charge on any atom is -0.271 e. The second-order valence-corrected chi connectivity index (χ2v) is 3.06. The summed E-state index contributed by atoms with van der Waals surface area (Å²) in [5.41, 5.74) is 3.86. The quantitative estimate of drug-likeness (QED) is 0.420. The van der Waals surface area contributed by atoms with Crippen LogP contribution in [0, 0.1) is 11.8 Å². The first-order valence-corrected chi connectivity index (χ1v) is 4.63. The molecule has 0 spiro atoms. The number of aryl methyl sites for hydroxylation is 1. The highest BCUT2D eigenvalue weighted by Crippen LogP contribution is 2.15. The Balaban J connectivity index is 2.61. The molecule has 14 heavy (non-hydrogen) atoms. The van der Waals surface area contributed by atoms with Gasteiger partial charge in [-0.15, -0.1) is 11.8 Å². The van der Waals surface area contributed by atoms with E-state index < -0.39 is 0 Å². The van der Waals surface area contributed by atoms with Crippen LogP contribution in [-0.4, -0.2) is 9.78 Å². The molecule has 0 aromatic carbocycles. The third-order valence-electron chi connectivity index (χ3n) is 2.15. The molecule has 1 atom stereocenters. The van der Waals surface area contributed by atoms with Crippen molar-refractivity contribution in [2.75, 3.05) is 0 Å². The summed E-state index contributed by atoms with van der Waals surface area (Å²) < 4.78 is 1.82. The molecule has 76 valence electrons. The van der Waals surface area contributed by atoms with Crippen LogP contribution in [0.1, 0.15) is 31.5 Å². The number of hydrogen-bond acceptors (Lipinski definition) is 3. The standard InChI is InChI=1S/C10H16N4/c1-3-4-5-6-9(13-11)10-7-8-12-14(10)2/h7-9,13H,5-6,11H2,1-2H3. The predicted molar refractivity (Wildman–Crippen MR) is 56.0 cm³/mol. The number of hydrazine groups is 1. The van der Waals surface area contributed by atoms with E-state index in [2.05, 4.69) is 22.4 Å². The average Bonchev–Trinajstić information content (AvgIpc) is 2.60. The summed E-state index contributed by atoms with van der Waals surface area (Å²) >= 11 is 0. The van der Waals surface area contributed by atoms with Crippen molar-refractivity contribution >= 4 is 0 Å². The summed E-state index contributed by atoms with van der Waals surface area (Å²) in [6, 6.07) is 2.09. The Morgan fingerprint density at radius 3 is 3.00 bits per heavy atom. The smallest absolute Gasteiger partial charge is 0.0638 e. The molecule has 4 nitrogen and oxygen atoms in total. The second kappa shape index (κ2) is 5.43. The first-order valence-electron chi connectivity index (χ1n) is 4.63. The zero-order valence-electron chi connectivity index (χ0n) is 8.62. The molecule has 0 fully saturated rings. The summed E-state index contributed by atoms with van der Waals surface area (Å²) in [5, 5.41) is 4.10. The van der Waals surface area contributed by atoms with Gasteiger partial charge in [0.2, 0.25) is 0 Å². The third kappa shape index (κ3) is 2.59. The maximum Gasteiger partial charge on any atom is 0.0638 e. The maximum atomic E-state index is 5.48. The third-order valence-corrected chi connectivity index (χ3v) is 2.15. The van der Waals surface area contributed by atoms with Crippen molar-refractivity contribution in [3.05, 3.63) is 18.0 Å². The van der Waals surface area contributed by atoms with E-state index in [9.17, 15) is 0 Å². The zero-order valence-corrected chi connectivity index (χ0v) is 8.62. The van der Waals surface area contributed by atoms with Crippen LogP contribution in [0.5, 0.6) is 0 Å². The normalized spacial score (nSPS) is 11.9. The van der Waals surface area contributed by atoms with Crippen LogP contribution in [0.4, 0.5) is 0 Å². The van der Waals surface area contributed by atoms with Crippen LogP contribution in [0.3, 0.4) is 0 Å². The van der Waals surface area contributed by atoms with Crippen molar-refractivity contribution in [2.45, 2.75) is 25.8 Å². The van der Waals surface area contributed by atoms with Gasteiger partial charge in [0.25, 0.3) is 0 Å². The molecule has 0 radical (unpaired) electrons. The lowest BCUT2D eigenvalue weighted by Gasteiger charge is -2.14. The minimum atomic E-state index is 0.128. The monoisotopic (exact) mass is 192 g/mol. The lowest BCUT2D eigenvalue weighted by Crippen LogP contribution is -2.29. The maximum absolute atomic E-state index is 5.48. The van der Waals surface area contributed by atoms with Gasteiger partial charge in [-0.05, 0) is 19.4 Å². The van der Waals surface area contributed by atoms with Crippen molar-refractivity contribution in [3.63, 3.8) is 0 Å². The van der Waals surface area contributed by atoms with Crippen molar-refractivity contribution in [1.82, 2.24) is 15.2 Å². The summed E-state index contributed by atoms with van der Waals surface area (Å²) in [7, 11) is 1.91. The lowest BCUT2D eigenvalue weighted by atomic mass is 10.1. The molecule has 0 aliphatic carbocycles. The Morgan fingerprint density at radius 1 is 1.71 bits per heavy atom. The predicted octanol–water partition coefficient (Wildman–Crippen LogP) is 0.728. The van der Waals surface area contributed by atoms with E-state index in [0.29, 0.717) is 0 Å². The molecule has 0 aliphatic rings. The molecule has 0 aliphatic heterocycles. The molecule has 1 aromatic heterocycles. The van der Waals surface area contributed by atoms with Gasteiger partial charge in [-0.25, -0.2) is 0 Å². The summed E-state index contributed by atoms with van der Waals surface area (Å²) in [4.78, 5) is 0. The number of rotatable bonds is 4. The van der Waals surface area contributed by atoms with Gasteiger partial charge in [0.15, 0.2) is 0 Å². The molecule has 3 N–H and O–H groups in total. The molecular weight excluding hydrogens is 176 g/mol. The first-order chi connectivity index (χ1) is 6.79. The van der Waals surface area contributed by atoms with Crippen LogP contribution < -0.4 is 11.3 Å². The molecule has 1 unspecified atom stereocenters. The van der Waals surface area contributed by atoms with Crippen LogP contribution in [0.25, 0.3) is 0 Å². The van der Waals surface area contributed by atoms with Gasteiger partial charge in [0.05, 0.1) is 11.7 Å². The van der Waals surface area contributed by atoms with E-state index >= 15 is 0 Å². The van der Waals surface area contributed by atoms with Crippen molar-refractivity contribution < 1.29 is 0 Å². The summed E-state index contributed by atoms with van der Waals surface area (Å²) in [6.07, 6.45) is 3.51. The summed E-state index contributed by atoms with van der Waals surface area (Å²) in [6.45, 7) is 1.84. The number of nitrogens with zero attached hydrogens (tertiary/aromatic N) is 2. The fraction of sp³-hybridized carbons (Fsp3) is 0.500. The molecule has 1 aromatic rings. The lowest BCUT2D eigenvalue weighted by molar-refractivity contribution is 0.486. The van der Waals surface area contributed by atoms with Crippen molar-refractivity contribution in [1.29, 1.82) is 0 Å². The van der Waals surface area contributed by atoms with Gasteiger partial charge in [-0.1, -0.05) is 0 Å². The van der Waals surface area contributed by atoms with Gasteiger partial charge in [-0.2, -0.15) is 5.10 Å². The number of hydrogen-bond donors (Lipinski definition) is 2. The van der Waals surface area contributed by atoms with E-state index in [1.165, 1.54) is 0 Å².